The molecule has 2 atom stereocenters. The molecule has 7 nitrogen and oxygen atoms in total. The first-order chi connectivity index (χ1) is 18.4. The van der Waals surface area contributed by atoms with Crippen molar-refractivity contribution in [2.75, 3.05) is 23.3 Å². The van der Waals surface area contributed by atoms with E-state index in [-0.39, 0.29) is 24.5 Å². The van der Waals surface area contributed by atoms with Crippen LogP contribution in [-0.4, -0.2) is 46.5 Å². The van der Waals surface area contributed by atoms with Crippen molar-refractivity contribution < 1.29 is 14.7 Å². The average Bonchev–Trinajstić information content (AvgIpc) is 2.91. The highest BCUT2D eigenvalue weighted by Gasteiger charge is 2.32. The van der Waals surface area contributed by atoms with Crippen LogP contribution in [0.4, 0.5) is 11.5 Å². The molecule has 2 N–H and O–H groups in total. The summed E-state index contributed by atoms with van der Waals surface area (Å²) in [6.45, 7) is 6.92. The van der Waals surface area contributed by atoms with E-state index in [0.717, 1.165) is 35.6 Å². The Hall–Kier alpha value is -3.42. The van der Waals surface area contributed by atoms with Gasteiger partial charge in [0.2, 0.25) is 5.91 Å². The Morgan fingerprint density at radius 2 is 1.76 bits per heavy atom. The van der Waals surface area contributed by atoms with E-state index in [1.54, 1.807) is 13.1 Å². The van der Waals surface area contributed by atoms with E-state index < -0.39 is 0 Å². The topological polar surface area (TPSA) is 85.8 Å². The summed E-state index contributed by atoms with van der Waals surface area (Å²) in [4.78, 5) is 29.8. The number of likely N-dealkylation sites (tertiary alicyclic amines) is 1. The van der Waals surface area contributed by atoms with Crippen LogP contribution >= 0.6 is 11.6 Å². The fraction of sp³-hybridized carbons (Fsp3) is 0.367. The number of carboxylic acid groups (broad SMARTS) is 1. The third-order valence-corrected chi connectivity index (χ3v) is 7.43. The number of nitrogens with zero attached hydrogens (tertiary/aromatic N) is 3. The predicted octanol–water partition coefficient (Wildman–Crippen LogP) is 6.39. The smallest absolute Gasteiger partial charge is 0.290 e. The molecule has 1 saturated heterocycles. The molecule has 3 aromatic rings. The lowest BCUT2D eigenvalue weighted by atomic mass is 9.89. The number of fused-ring (bicyclic) bond motifs is 1. The molecule has 0 aliphatic carbocycles. The van der Waals surface area contributed by atoms with Crippen LogP contribution in [0.1, 0.15) is 56.7 Å². The second-order valence-electron chi connectivity index (χ2n) is 9.95. The third-order valence-electron chi connectivity index (χ3n) is 7.21. The number of halogens is 1. The number of pyridine rings is 1. The summed E-state index contributed by atoms with van der Waals surface area (Å²) in [5.41, 5.74) is 5.78. The highest BCUT2D eigenvalue weighted by molar-refractivity contribution is 6.30. The molecule has 0 bridgehead atoms. The molecule has 2 aromatic carbocycles. The summed E-state index contributed by atoms with van der Waals surface area (Å²) in [5.74, 6) is 0.845. The van der Waals surface area contributed by atoms with Crippen LogP contribution in [0.25, 0.3) is 11.1 Å². The van der Waals surface area contributed by atoms with Crippen LogP contribution in [0.3, 0.4) is 0 Å². The fourth-order valence-corrected chi connectivity index (χ4v) is 5.59. The minimum absolute atomic E-state index is 0.0441. The first-order valence-corrected chi connectivity index (χ1v) is 13.5. The Morgan fingerprint density at radius 1 is 1.08 bits per heavy atom. The van der Waals surface area contributed by atoms with E-state index in [4.69, 9.17) is 21.5 Å². The van der Waals surface area contributed by atoms with Crippen molar-refractivity contribution in [3.63, 3.8) is 0 Å². The minimum atomic E-state index is -0.250. The first kappa shape index (κ1) is 27.6. The number of hydrogen-bond donors (Lipinski definition) is 2. The van der Waals surface area contributed by atoms with Gasteiger partial charge >= 0.3 is 0 Å². The molecule has 2 aliphatic heterocycles. The van der Waals surface area contributed by atoms with Gasteiger partial charge in [0, 0.05) is 31.4 Å². The van der Waals surface area contributed by atoms with Crippen molar-refractivity contribution in [1.82, 2.24) is 9.88 Å². The van der Waals surface area contributed by atoms with Crippen LogP contribution in [0.15, 0.2) is 60.8 Å². The van der Waals surface area contributed by atoms with Gasteiger partial charge in [0.25, 0.3) is 6.47 Å². The van der Waals surface area contributed by atoms with Gasteiger partial charge in [-0.2, -0.15) is 0 Å². The first-order valence-electron chi connectivity index (χ1n) is 13.1. The molecular formula is C30H35ClN4O3. The minimum Gasteiger partial charge on any atom is -0.483 e. The van der Waals surface area contributed by atoms with Crippen molar-refractivity contribution in [2.45, 2.75) is 58.2 Å². The average molecular weight is 535 g/mol. The van der Waals surface area contributed by atoms with Gasteiger partial charge in [-0.3, -0.25) is 14.5 Å². The van der Waals surface area contributed by atoms with Gasteiger partial charge in [0.05, 0.1) is 11.1 Å². The fourth-order valence-electron chi connectivity index (χ4n) is 5.48. The van der Waals surface area contributed by atoms with Crippen LogP contribution in [0.2, 0.25) is 5.02 Å². The summed E-state index contributed by atoms with van der Waals surface area (Å²) in [5, 5.41) is 11.1. The number of rotatable bonds is 5. The Bertz CT molecular complexity index is 1230. The van der Waals surface area contributed by atoms with Gasteiger partial charge in [-0.15, -0.1) is 0 Å². The number of piperidine rings is 1. The van der Waals surface area contributed by atoms with Crippen molar-refractivity contribution in [3.05, 3.63) is 76.9 Å². The van der Waals surface area contributed by atoms with Crippen molar-refractivity contribution in [1.29, 1.82) is 0 Å². The number of amides is 1. The SMILES string of the molecule is CC(=O)N1c2ccc(-c3ccc(CN4CCCCC4)cc3)cc2[C@H](Nc2ccc(Cl)cn2)C[C@@H]1C.O=CO. The Kier molecular flexibility index (Phi) is 9.37. The number of carbonyl (C=O) groups is 2. The molecule has 3 heterocycles. The lowest BCUT2D eigenvalue weighted by Crippen LogP contribution is -2.43. The maximum absolute atomic E-state index is 12.5. The Balaban J connectivity index is 0.00000107. The zero-order valence-electron chi connectivity index (χ0n) is 21.9. The second-order valence-corrected chi connectivity index (χ2v) is 10.4. The highest BCUT2D eigenvalue weighted by Crippen LogP contribution is 2.41. The van der Waals surface area contributed by atoms with E-state index in [2.05, 4.69) is 64.6 Å². The van der Waals surface area contributed by atoms with Crippen LogP contribution < -0.4 is 10.2 Å². The maximum atomic E-state index is 12.5. The molecule has 0 unspecified atom stereocenters. The predicted molar refractivity (Wildman–Crippen MR) is 153 cm³/mol. The third kappa shape index (κ3) is 6.71. The Morgan fingerprint density at radius 3 is 2.39 bits per heavy atom. The van der Waals surface area contributed by atoms with Gasteiger partial charge in [-0.25, -0.2) is 4.98 Å². The summed E-state index contributed by atoms with van der Waals surface area (Å²) in [6, 6.07) is 19.3. The van der Waals surface area contributed by atoms with Gasteiger partial charge in [0.1, 0.15) is 5.82 Å². The number of anilines is 2. The standard InChI is InChI=1S/C29H33ClN4O.CH2O2/c1-20-16-27(32-29-13-11-25(30)18-31-29)26-17-24(10-12-28(26)34(20)21(2)35)23-8-6-22(7-9-23)19-33-14-4-3-5-15-33;2-1-3/h6-13,17-18,20,27H,3-5,14-16,19H2,1-2H3,(H,31,32);1H,(H,2,3)/t20-,27+;/m0./s1. The van der Waals surface area contributed by atoms with Crippen LogP contribution in [-0.2, 0) is 16.1 Å². The number of benzene rings is 2. The van der Waals surface area contributed by atoms with E-state index in [1.807, 2.05) is 17.0 Å². The highest BCUT2D eigenvalue weighted by atomic mass is 35.5. The molecular weight excluding hydrogens is 500 g/mol. The quantitative estimate of drug-likeness (QED) is 0.369. The van der Waals surface area contributed by atoms with E-state index in [9.17, 15) is 4.79 Å². The van der Waals surface area contributed by atoms with E-state index >= 15 is 0 Å². The molecule has 0 radical (unpaired) electrons. The molecule has 38 heavy (non-hydrogen) atoms. The molecule has 5 rings (SSSR count). The maximum Gasteiger partial charge on any atom is 0.290 e. The van der Waals surface area contributed by atoms with Crippen LogP contribution in [0, 0.1) is 0 Å². The molecule has 0 saturated carbocycles. The molecule has 1 fully saturated rings. The lowest BCUT2D eigenvalue weighted by molar-refractivity contribution is -0.123. The van der Waals surface area contributed by atoms with Crippen LogP contribution in [0.5, 0.6) is 0 Å². The normalized spacial score (nSPS) is 19.1. The zero-order chi connectivity index (χ0) is 27.1. The number of hydrogen-bond acceptors (Lipinski definition) is 5. The van der Waals surface area contributed by atoms with Gasteiger partial charge in [-0.05, 0) is 85.8 Å². The summed E-state index contributed by atoms with van der Waals surface area (Å²) >= 11 is 6.03. The number of nitrogens with one attached hydrogen (secondary N) is 1. The van der Waals surface area contributed by atoms with Gasteiger partial charge in [-0.1, -0.05) is 48.4 Å². The van der Waals surface area contributed by atoms with Crippen molar-refractivity contribution >= 4 is 35.5 Å². The molecule has 8 heteroatoms. The zero-order valence-corrected chi connectivity index (χ0v) is 22.7. The van der Waals surface area contributed by atoms with Crippen molar-refractivity contribution in [2.24, 2.45) is 0 Å². The second kappa shape index (κ2) is 12.9. The molecule has 0 spiro atoms. The van der Waals surface area contributed by atoms with Gasteiger partial charge in [0.15, 0.2) is 0 Å². The largest absolute Gasteiger partial charge is 0.483 e. The summed E-state index contributed by atoms with van der Waals surface area (Å²) < 4.78 is 0. The van der Waals surface area contributed by atoms with Gasteiger partial charge < -0.3 is 15.3 Å². The van der Waals surface area contributed by atoms with E-state index in [1.165, 1.54) is 43.5 Å². The lowest BCUT2D eigenvalue weighted by Gasteiger charge is -2.39. The molecule has 1 amide bonds. The van der Waals surface area contributed by atoms with E-state index in [0.29, 0.717) is 5.02 Å². The summed E-state index contributed by atoms with van der Waals surface area (Å²) in [6.07, 6.45) is 6.43. The van der Waals surface area contributed by atoms with Crippen molar-refractivity contribution in [3.8, 4) is 11.1 Å². The molecule has 200 valence electrons. The monoisotopic (exact) mass is 534 g/mol. The Labute approximate surface area is 229 Å². The number of carbonyl (C=O) groups excluding carboxylic acids is 1. The number of aromatic nitrogens is 1. The molecule has 1 aromatic heterocycles. The molecule has 2 aliphatic rings. The summed E-state index contributed by atoms with van der Waals surface area (Å²) in [7, 11) is 0.